The molecule has 1 aliphatic rings. The fraction of sp³-hybridized carbons (Fsp3) is 0.562. The van der Waals surface area contributed by atoms with Crippen LogP contribution in [0.4, 0.5) is 5.95 Å². The second kappa shape index (κ2) is 6.16. The topological polar surface area (TPSA) is 50.7 Å². The first-order valence-corrected chi connectivity index (χ1v) is 7.68. The minimum Gasteiger partial charge on any atom is -0.353 e. The van der Waals surface area contributed by atoms with Crippen LogP contribution < -0.4 is 5.32 Å². The smallest absolute Gasteiger partial charge is 0.243 e. The zero-order valence-corrected chi connectivity index (χ0v) is 12.0. The SMILES string of the molecule is CCC1CCC(CNc2nnc3ccccc3n2)CC1. The van der Waals surface area contributed by atoms with Crippen molar-refractivity contribution in [3.05, 3.63) is 24.3 Å². The average Bonchev–Trinajstić information content (AvgIpc) is 2.53. The molecule has 1 N–H and O–H groups in total. The van der Waals surface area contributed by atoms with Crippen LogP contribution in [0.15, 0.2) is 24.3 Å². The third kappa shape index (κ3) is 3.06. The third-order valence-corrected chi connectivity index (χ3v) is 4.45. The van der Waals surface area contributed by atoms with Crippen LogP contribution in [0, 0.1) is 11.8 Å². The summed E-state index contributed by atoms with van der Waals surface area (Å²) >= 11 is 0. The van der Waals surface area contributed by atoms with E-state index in [1.54, 1.807) is 0 Å². The molecule has 0 unspecified atom stereocenters. The van der Waals surface area contributed by atoms with Crippen LogP contribution in [0.25, 0.3) is 11.0 Å². The number of anilines is 1. The number of hydrogen-bond donors (Lipinski definition) is 1. The Kier molecular flexibility index (Phi) is 4.09. The summed E-state index contributed by atoms with van der Waals surface area (Å²) in [6.45, 7) is 3.27. The highest BCUT2D eigenvalue weighted by molar-refractivity contribution is 5.73. The fourth-order valence-electron chi connectivity index (χ4n) is 3.04. The van der Waals surface area contributed by atoms with Crippen molar-refractivity contribution >= 4 is 17.0 Å². The molecule has 4 nitrogen and oxygen atoms in total. The molecule has 0 saturated heterocycles. The lowest BCUT2D eigenvalue weighted by Crippen LogP contribution is -2.21. The first-order chi connectivity index (χ1) is 9.85. The number of rotatable bonds is 4. The van der Waals surface area contributed by atoms with Crippen LogP contribution in [0.5, 0.6) is 0 Å². The second-order valence-electron chi connectivity index (χ2n) is 5.80. The molecule has 0 aliphatic heterocycles. The third-order valence-electron chi connectivity index (χ3n) is 4.45. The average molecular weight is 270 g/mol. The van der Waals surface area contributed by atoms with Crippen LogP contribution in [0.2, 0.25) is 0 Å². The van der Waals surface area contributed by atoms with Gasteiger partial charge in [0.15, 0.2) is 0 Å². The highest BCUT2D eigenvalue weighted by Crippen LogP contribution is 2.30. The molecule has 0 spiro atoms. The predicted octanol–water partition coefficient (Wildman–Crippen LogP) is 3.65. The lowest BCUT2D eigenvalue weighted by atomic mass is 9.81. The van der Waals surface area contributed by atoms with Gasteiger partial charge in [-0.2, -0.15) is 0 Å². The number of nitrogens with zero attached hydrogens (tertiary/aromatic N) is 3. The molecule has 0 amide bonds. The highest BCUT2D eigenvalue weighted by atomic mass is 15.2. The maximum absolute atomic E-state index is 4.51. The van der Waals surface area contributed by atoms with Gasteiger partial charge in [-0.1, -0.05) is 38.3 Å². The number of fused-ring (bicyclic) bond motifs is 1. The summed E-state index contributed by atoms with van der Waals surface area (Å²) in [6.07, 6.45) is 6.73. The van der Waals surface area contributed by atoms with Gasteiger partial charge in [0.05, 0.1) is 5.52 Å². The van der Waals surface area contributed by atoms with Gasteiger partial charge in [-0.05, 0) is 36.8 Å². The molecule has 20 heavy (non-hydrogen) atoms. The van der Waals surface area contributed by atoms with Crippen LogP contribution in [0.1, 0.15) is 39.0 Å². The van der Waals surface area contributed by atoms with Crippen molar-refractivity contribution in [1.82, 2.24) is 15.2 Å². The first-order valence-electron chi connectivity index (χ1n) is 7.68. The van der Waals surface area contributed by atoms with E-state index in [1.807, 2.05) is 24.3 Å². The minimum absolute atomic E-state index is 0.654. The van der Waals surface area contributed by atoms with E-state index >= 15 is 0 Å². The normalized spacial score (nSPS) is 22.9. The van der Waals surface area contributed by atoms with Gasteiger partial charge in [-0.25, -0.2) is 4.98 Å². The first kappa shape index (κ1) is 13.3. The summed E-state index contributed by atoms with van der Waals surface area (Å²) in [5.41, 5.74) is 1.75. The van der Waals surface area contributed by atoms with Crippen molar-refractivity contribution in [3.63, 3.8) is 0 Å². The van der Waals surface area contributed by atoms with Gasteiger partial charge in [-0.15, -0.1) is 10.2 Å². The van der Waals surface area contributed by atoms with Crippen LogP contribution in [-0.2, 0) is 0 Å². The molecule has 1 aliphatic carbocycles. The molecular weight excluding hydrogens is 248 g/mol. The Morgan fingerprint density at radius 2 is 1.70 bits per heavy atom. The van der Waals surface area contributed by atoms with Gasteiger partial charge in [0, 0.05) is 6.54 Å². The van der Waals surface area contributed by atoms with E-state index in [9.17, 15) is 0 Å². The Labute approximate surface area is 120 Å². The molecule has 4 heteroatoms. The summed E-state index contributed by atoms with van der Waals surface area (Å²) in [5.74, 6) is 2.36. The number of aromatic nitrogens is 3. The zero-order valence-electron chi connectivity index (χ0n) is 12.0. The van der Waals surface area contributed by atoms with Crippen molar-refractivity contribution in [1.29, 1.82) is 0 Å². The quantitative estimate of drug-likeness (QED) is 0.921. The van der Waals surface area contributed by atoms with E-state index in [2.05, 4.69) is 27.4 Å². The zero-order chi connectivity index (χ0) is 13.8. The molecule has 1 aromatic carbocycles. The molecule has 3 rings (SSSR count). The highest BCUT2D eigenvalue weighted by Gasteiger charge is 2.19. The van der Waals surface area contributed by atoms with E-state index in [4.69, 9.17) is 0 Å². The predicted molar refractivity (Wildman–Crippen MR) is 81.6 cm³/mol. The lowest BCUT2D eigenvalue weighted by Gasteiger charge is -2.27. The van der Waals surface area contributed by atoms with Gasteiger partial charge in [0.2, 0.25) is 5.95 Å². The molecule has 0 radical (unpaired) electrons. The van der Waals surface area contributed by atoms with Crippen LogP contribution >= 0.6 is 0 Å². The summed E-state index contributed by atoms with van der Waals surface area (Å²) in [4.78, 5) is 4.51. The van der Waals surface area contributed by atoms with Crippen LogP contribution in [-0.4, -0.2) is 21.7 Å². The van der Waals surface area contributed by atoms with Crippen molar-refractivity contribution in [2.24, 2.45) is 11.8 Å². The Morgan fingerprint density at radius 3 is 2.45 bits per heavy atom. The van der Waals surface area contributed by atoms with Gasteiger partial charge < -0.3 is 5.32 Å². The van der Waals surface area contributed by atoms with Gasteiger partial charge in [0.25, 0.3) is 0 Å². The van der Waals surface area contributed by atoms with E-state index in [1.165, 1.54) is 32.1 Å². The number of para-hydroxylation sites is 1. The standard InChI is InChI=1S/C16H22N4/c1-2-12-7-9-13(10-8-12)11-17-16-18-14-5-3-4-6-15(14)19-20-16/h3-6,12-13H,2,7-11H2,1H3,(H,17,18,20). The van der Waals surface area contributed by atoms with Gasteiger partial charge in [-0.3, -0.25) is 0 Å². The second-order valence-corrected chi connectivity index (χ2v) is 5.80. The lowest BCUT2D eigenvalue weighted by molar-refractivity contribution is 0.278. The minimum atomic E-state index is 0.654. The Hall–Kier alpha value is -1.71. The summed E-state index contributed by atoms with van der Waals surface area (Å²) < 4.78 is 0. The molecule has 106 valence electrons. The van der Waals surface area contributed by atoms with Crippen LogP contribution in [0.3, 0.4) is 0 Å². The van der Waals surface area contributed by atoms with Crippen molar-refractivity contribution in [2.45, 2.75) is 39.0 Å². The number of hydrogen-bond acceptors (Lipinski definition) is 4. The molecule has 1 fully saturated rings. The summed E-state index contributed by atoms with van der Waals surface area (Å²) in [7, 11) is 0. The molecule has 0 atom stereocenters. The summed E-state index contributed by atoms with van der Waals surface area (Å²) in [6, 6.07) is 7.84. The van der Waals surface area contributed by atoms with Gasteiger partial charge >= 0.3 is 0 Å². The summed E-state index contributed by atoms with van der Waals surface area (Å²) in [5, 5.41) is 11.7. The van der Waals surface area contributed by atoms with Crippen molar-refractivity contribution in [2.75, 3.05) is 11.9 Å². The fourth-order valence-corrected chi connectivity index (χ4v) is 3.04. The molecular formula is C16H22N4. The van der Waals surface area contributed by atoms with Gasteiger partial charge in [0.1, 0.15) is 5.52 Å². The Balaban J connectivity index is 1.57. The molecule has 2 aromatic rings. The number of benzene rings is 1. The largest absolute Gasteiger partial charge is 0.353 e. The van der Waals surface area contributed by atoms with E-state index in [0.717, 1.165) is 29.4 Å². The molecule has 1 saturated carbocycles. The van der Waals surface area contributed by atoms with E-state index < -0.39 is 0 Å². The van der Waals surface area contributed by atoms with Crippen molar-refractivity contribution < 1.29 is 0 Å². The van der Waals surface area contributed by atoms with E-state index in [-0.39, 0.29) is 0 Å². The Morgan fingerprint density at radius 1 is 1.00 bits per heavy atom. The maximum Gasteiger partial charge on any atom is 0.243 e. The maximum atomic E-state index is 4.51. The molecule has 0 bridgehead atoms. The molecule has 1 aromatic heterocycles. The monoisotopic (exact) mass is 270 g/mol. The van der Waals surface area contributed by atoms with E-state index in [0.29, 0.717) is 5.95 Å². The molecule has 1 heterocycles. The Bertz CT molecular complexity index is 561. The van der Waals surface area contributed by atoms with Crippen molar-refractivity contribution in [3.8, 4) is 0 Å². The number of nitrogens with one attached hydrogen (secondary N) is 1.